The van der Waals surface area contributed by atoms with Crippen LogP contribution in [0.2, 0.25) is 0 Å². The van der Waals surface area contributed by atoms with E-state index in [9.17, 15) is 5.26 Å². The average Bonchev–Trinajstić information content (AvgIpc) is 2.48. The highest BCUT2D eigenvalue weighted by Gasteiger charge is 2.26. The molecule has 2 N–H and O–H groups in total. The lowest BCUT2D eigenvalue weighted by molar-refractivity contribution is 0.308. The number of benzene rings is 1. The zero-order valence-electron chi connectivity index (χ0n) is 12.3. The van der Waals surface area contributed by atoms with Crippen LogP contribution in [0.4, 0.5) is 5.69 Å². The Kier molecular flexibility index (Phi) is 5.33. The molecule has 108 valence electrons. The van der Waals surface area contributed by atoms with E-state index in [0.717, 1.165) is 48.0 Å². The third kappa shape index (κ3) is 3.11. The highest BCUT2D eigenvalue weighted by Crippen LogP contribution is 2.33. The fourth-order valence-electron chi connectivity index (χ4n) is 2.85. The van der Waals surface area contributed by atoms with Gasteiger partial charge in [0.1, 0.15) is 6.07 Å². The molecule has 1 saturated heterocycles. The summed E-state index contributed by atoms with van der Waals surface area (Å²) in [6.45, 7) is 7.11. The molecule has 0 saturated carbocycles. The van der Waals surface area contributed by atoms with Crippen molar-refractivity contribution in [3.8, 4) is 6.07 Å². The summed E-state index contributed by atoms with van der Waals surface area (Å²) in [4.78, 5) is 3.44. The number of rotatable bonds is 4. The Morgan fingerprint density at radius 2 is 2.30 bits per heavy atom. The van der Waals surface area contributed by atoms with Crippen molar-refractivity contribution < 1.29 is 0 Å². The Morgan fingerprint density at radius 3 is 2.95 bits per heavy atom. The van der Waals surface area contributed by atoms with Gasteiger partial charge in [-0.25, -0.2) is 0 Å². The Bertz CT molecular complexity index is 495. The summed E-state index contributed by atoms with van der Waals surface area (Å²) in [5, 5.41) is 9.52. The maximum Gasteiger partial charge on any atom is 0.103 e. The monoisotopic (exact) mass is 289 g/mol. The van der Waals surface area contributed by atoms with E-state index in [1.54, 1.807) is 11.8 Å². The summed E-state index contributed by atoms with van der Waals surface area (Å²) in [5.41, 5.74) is 7.79. The minimum Gasteiger partial charge on any atom is -0.370 e. The number of hydrogen-bond acceptors (Lipinski definition) is 4. The molecule has 4 heteroatoms. The maximum atomic E-state index is 9.52. The lowest BCUT2D eigenvalue weighted by Gasteiger charge is -2.38. The summed E-state index contributed by atoms with van der Waals surface area (Å²) in [6, 6.07) is 8.57. The molecular formula is C16H23N3S. The first-order chi connectivity index (χ1) is 9.71. The van der Waals surface area contributed by atoms with Gasteiger partial charge in [-0.1, -0.05) is 19.9 Å². The molecule has 0 spiro atoms. The first-order valence-electron chi connectivity index (χ1n) is 7.32. The van der Waals surface area contributed by atoms with Crippen LogP contribution in [-0.4, -0.2) is 25.4 Å². The van der Waals surface area contributed by atoms with E-state index in [4.69, 9.17) is 5.73 Å². The number of thioether (sulfide) groups is 1. The van der Waals surface area contributed by atoms with Crippen molar-refractivity contribution in [1.29, 1.82) is 5.26 Å². The van der Waals surface area contributed by atoms with Crippen LogP contribution in [-0.2, 0) is 0 Å². The topological polar surface area (TPSA) is 53.0 Å². The third-order valence-corrected chi connectivity index (χ3v) is 5.11. The summed E-state index contributed by atoms with van der Waals surface area (Å²) < 4.78 is 0. The molecule has 2 atom stereocenters. The normalized spacial score (nSPS) is 22.6. The molecule has 0 bridgehead atoms. The number of hydrogen-bond donors (Lipinski definition) is 1. The van der Waals surface area contributed by atoms with Gasteiger partial charge in [0.15, 0.2) is 0 Å². The molecule has 2 rings (SSSR count). The molecule has 0 radical (unpaired) electrons. The molecule has 0 aromatic heterocycles. The second kappa shape index (κ2) is 7.01. The van der Waals surface area contributed by atoms with E-state index < -0.39 is 0 Å². The predicted molar refractivity (Wildman–Crippen MR) is 86.1 cm³/mol. The van der Waals surface area contributed by atoms with Crippen LogP contribution in [0.5, 0.6) is 0 Å². The second-order valence-electron chi connectivity index (χ2n) is 5.40. The average molecular weight is 289 g/mol. The SMILES string of the molecule is CCSc1cccc(N2CCC(C)C(CN)C2)c1C#N. The third-order valence-electron chi connectivity index (χ3n) is 4.17. The van der Waals surface area contributed by atoms with Gasteiger partial charge in [0.2, 0.25) is 0 Å². The Labute approximate surface area is 126 Å². The van der Waals surface area contributed by atoms with Crippen LogP contribution in [0.3, 0.4) is 0 Å². The fraction of sp³-hybridized carbons (Fsp3) is 0.562. The molecule has 0 aliphatic carbocycles. The second-order valence-corrected chi connectivity index (χ2v) is 6.71. The molecule has 1 heterocycles. The van der Waals surface area contributed by atoms with Crippen molar-refractivity contribution >= 4 is 17.4 Å². The number of nitrogens with zero attached hydrogens (tertiary/aromatic N) is 2. The van der Waals surface area contributed by atoms with E-state index in [-0.39, 0.29) is 0 Å². The van der Waals surface area contributed by atoms with Gasteiger partial charge in [-0.3, -0.25) is 0 Å². The lowest BCUT2D eigenvalue weighted by Crippen LogP contribution is -2.43. The van der Waals surface area contributed by atoms with E-state index >= 15 is 0 Å². The lowest BCUT2D eigenvalue weighted by atomic mass is 9.86. The Morgan fingerprint density at radius 1 is 1.50 bits per heavy atom. The van der Waals surface area contributed by atoms with E-state index in [1.807, 2.05) is 6.07 Å². The van der Waals surface area contributed by atoms with Gasteiger partial charge >= 0.3 is 0 Å². The summed E-state index contributed by atoms with van der Waals surface area (Å²) in [7, 11) is 0. The highest BCUT2D eigenvalue weighted by molar-refractivity contribution is 7.99. The van der Waals surface area contributed by atoms with Crippen LogP contribution in [0.1, 0.15) is 25.8 Å². The first-order valence-corrected chi connectivity index (χ1v) is 8.30. The van der Waals surface area contributed by atoms with Gasteiger partial charge in [0.05, 0.1) is 11.3 Å². The summed E-state index contributed by atoms with van der Waals surface area (Å²) >= 11 is 1.74. The molecule has 20 heavy (non-hydrogen) atoms. The van der Waals surface area contributed by atoms with E-state index in [2.05, 4.69) is 36.9 Å². The van der Waals surface area contributed by atoms with Crippen LogP contribution in [0.25, 0.3) is 0 Å². The van der Waals surface area contributed by atoms with E-state index in [0.29, 0.717) is 11.8 Å². The van der Waals surface area contributed by atoms with Crippen LogP contribution in [0, 0.1) is 23.2 Å². The minimum atomic E-state index is 0.526. The molecule has 2 unspecified atom stereocenters. The van der Waals surface area contributed by atoms with Crippen LogP contribution < -0.4 is 10.6 Å². The number of nitrogens with two attached hydrogens (primary N) is 1. The zero-order valence-corrected chi connectivity index (χ0v) is 13.1. The summed E-state index contributed by atoms with van der Waals surface area (Å²) in [6.07, 6.45) is 1.15. The van der Waals surface area contributed by atoms with Crippen molar-refractivity contribution in [3.05, 3.63) is 23.8 Å². The molecule has 1 aromatic carbocycles. The zero-order chi connectivity index (χ0) is 14.5. The van der Waals surface area contributed by atoms with Gasteiger partial charge in [-0.05, 0) is 42.7 Å². The maximum absolute atomic E-state index is 9.52. The van der Waals surface area contributed by atoms with Crippen molar-refractivity contribution in [2.24, 2.45) is 17.6 Å². The van der Waals surface area contributed by atoms with Crippen LogP contribution in [0.15, 0.2) is 23.1 Å². The highest BCUT2D eigenvalue weighted by atomic mass is 32.2. The molecular weight excluding hydrogens is 266 g/mol. The molecule has 1 fully saturated rings. The Balaban J connectivity index is 2.28. The van der Waals surface area contributed by atoms with Crippen LogP contribution >= 0.6 is 11.8 Å². The quantitative estimate of drug-likeness (QED) is 0.865. The van der Waals surface area contributed by atoms with E-state index in [1.165, 1.54) is 0 Å². The van der Waals surface area contributed by atoms with Crippen molar-refractivity contribution in [2.45, 2.75) is 25.2 Å². The number of nitriles is 1. The van der Waals surface area contributed by atoms with Crippen molar-refractivity contribution in [3.63, 3.8) is 0 Å². The predicted octanol–water partition coefficient (Wildman–Crippen LogP) is 3.09. The van der Waals surface area contributed by atoms with Crippen molar-refractivity contribution in [1.82, 2.24) is 0 Å². The number of anilines is 1. The van der Waals surface area contributed by atoms with Gasteiger partial charge in [0.25, 0.3) is 0 Å². The smallest absolute Gasteiger partial charge is 0.103 e. The van der Waals surface area contributed by atoms with Gasteiger partial charge in [-0.2, -0.15) is 5.26 Å². The standard InChI is InChI=1S/C16H23N3S/c1-3-20-16-6-4-5-15(14(16)10-18)19-8-7-12(2)13(9-17)11-19/h4-6,12-13H,3,7-9,11,17H2,1-2H3. The minimum absolute atomic E-state index is 0.526. The number of piperidine rings is 1. The largest absolute Gasteiger partial charge is 0.370 e. The van der Waals surface area contributed by atoms with Gasteiger partial charge < -0.3 is 10.6 Å². The molecule has 1 aromatic rings. The van der Waals surface area contributed by atoms with Gasteiger partial charge in [0, 0.05) is 18.0 Å². The molecule has 1 aliphatic heterocycles. The molecule has 1 aliphatic rings. The first kappa shape index (κ1) is 15.2. The summed E-state index contributed by atoms with van der Waals surface area (Å²) in [5.74, 6) is 2.19. The van der Waals surface area contributed by atoms with Gasteiger partial charge in [-0.15, -0.1) is 11.8 Å². The fourth-order valence-corrected chi connectivity index (χ4v) is 3.63. The van der Waals surface area contributed by atoms with Crippen molar-refractivity contribution in [2.75, 3.05) is 30.3 Å². The molecule has 0 amide bonds. The molecule has 3 nitrogen and oxygen atoms in total. The Hall–Kier alpha value is -1.18.